The number of fused-ring (bicyclic) bond motifs is 1. The maximum Gasteiger partial charge on any atom is 0.177 e. The summed E-state index contributed by atoms with van der Waals surface area (Å²) in [4.78, 5) is 11.9. The Bertz CT molecular complexity index is 759. The van der Waals surface area contributed by atoms with Crippen LogP contribution in [0.15, 0.2) is 41.0 Å². The molecule has 6 heteroatoms. The number of hydrogen-bond acceptors (Lipinski definition) is 3. The van der Waals surface area contributed by atoms with Gasteiger partial charge >= 0.3 is 0 Å². The van der Waals surface area contributed by atoms with Crippen LogP contribution in [-0.2, 0) is 0 Å². The second kappa shape index (κ2) is 5.42. The maximum absolute atomic E-state index is 5.94. The molecule has 0 amide bonds. The predicted octanol–water partition coefficient (Wildman–Crippen LogP) is 4.51. The summed E-state index contributed by atoms with van der Waals surface area (Å²) in [5.41, 5.74) is 1.54. The highest BCUT2D eigenvalue weighted by Gasteiger charge is 2.13. The summed E-state index contributed by atoms with van der Waals surface area (Å²) in [5.74, 6) is 1.44. The Hall–Kier alpha value is -1.59. The zero-order valence-corrected chi connectivity index (χ0v) is 12.9. The van der Waals surface area contributed by atoms with Crippen molar-refractivity contribution in [2.75, 3.05) is 0 Å². The van der Waals surface area contributed by atoms with Crippen molar-refractivity contribution < 1.29 is 4.74 Å². The van der Waals surface area contributed by atoms with Crippen molar-refractivity contribution in [1.29, 1.82) is 0 Å². The van der Waals surface area contributed by atoms with Gasteiger partial charge in [-0.1, -0.05) is 17.7 Å². The van der Waals surface area contributed by atoms with Gasteiger partial charge in [0.1, 0.15) is 11.6 Å². The first kappa shape index (κ1) is 13.4. The van der Waals surface area contributed by atoms with Gasteiger partial charge in [0.05, 0.1) is 5.52 Å². The number of benzene rings is 1. The van der Waals surface area contributed by atoms with Crippen LogP contribution in [0.1, 0.15) is 18.9 Å². The molecule has 0 saturated carbocycles. The third-order valence-electron chi connectivity index (χ3n) is 2.82. The molecule has 0 fully saturated rings. The van der Waals surface area contributed by atoms with Gasteiger partial charge in [0, 0.05) is 15.7 Å². The van der Waals surface area contributed by atoms with Gasteiger partial charge in [0.25, 0.3) is 0 Å². The van der Waals surface area contributed by atoms with E-state index in [1.165, 1.54) is 0 Å². The molecular formula is C14H11BrClN3O. The molecule has 102 valence electrons. The largest absolute Gasteiger partial charge is 0.483 e. The number of nitrogens with zero attached hydrogens (tertiary/aromatic N) is 2. The number of aromatic nitrogens is 3. The molecule has 1 atom stereocenters. The summed E-state index contributed by atoms with van der Waals surface area (Å²) < 4.78 is 6.73. The quantitative estimate of drug-likeness (QED) is 0.754. The fourth-order valence-corrected chi connectivity index (χ4v) is 2.40. The van der Waals surface area contributed by atoms with Crippen LogP contribution in [-0.4, -0.2) is 15.0 Å². The molecule has 3 aromatic rings. The average molecular weight is 353 g/mol. The molecule has 2 aromatic heterocycles. The van der Waals surface area contributed by atoms with Crippen LogP contribution in [0, 0.1) is 0 Å². The Balaban J connectivity index is 1.86. The number of ether oxygens (including phenoxy) is 1. The Labute approximate surface area is 129 Å². The van der Waals surface area contributed by atoms with E-state index in [4.69, 9.17) is 16.3 Å². The van der Waals surface area contributed by atoms with Crippen molar-refractivity contribution in [3.05, 3.63) is 51.8 Å². The van der Waals surface area contributed by atoms with Gasteiger partial charge in [-0.05, 0) is 47.1 Å². The van der Waals surface area contributed by atoms with E-state index >= 15 is 0 Å². The number of imidazole rings is 1. The van der Waals surface area contributed by atoms with Crippen molar-refractivity contribution in [1.82, 2.24) is 15.0 Å². The van der Waals surface area contributed by atoms with Crippen molar-refractivity contribution in [3.63, 3.8) is 0 Å². The van der Waals surface area contributed by atoms with Crippen molar-refractivity contribution >= 4 is 38.7 Å². The van der Waals surface area contributed by atoms with Gasteiger partial charge in [0.2, 0.25) is 0 Å². The first-order valence-electron chi connectivity index (χ1n) is 6.05. The minimum absolute atomic E-state index is 0.221. The molecule has 0 bridgehead atoms. The predicted molar refractivity (Wildman–Crippen MR) is 82.1 cm³/mol. The van der Waals surface area contributed by atoms with E-state index < -0.39 is 0 Å². The number of pyridine rings is 1. The highest BCUT2D eigenvalue weighted by Crippen LogP contribution is 2.24. The van der Waals surface area contributed by atoms with E-state index in [0.29, 0.717) is 16.4 Å². The highest BCUT2D eigenvalue weighted by molar-refractivity contribution is 9.10. The molecule has 0 radical (unpaired) electrons. The van der Waals surface area contributed by atoms with Gasteiger partial charge in [-0.25, -0.2) is 9.97 Å². The van der Waals surface area contributed by atoms with Crippen LogP contribution >= 0.6 is 27.5 Å². The Morgan fingerprint density at radius 1 is 1.35 bits per heavy atom. The first-order chi connectivity index (χ1) is 9.61. The topological polar surface area (TPSA) is 50.8 Å². The standard InChI is InChI=1S/C14H11BrClN3O/c1-8(20-11-4-2-3-10(16)6-11)13-18-12-5-9(15)7-17-14(12)19-13/h2-8H,1H3,(H,17,18,19). The summed E-state index contributed by atoms with van der Waals surface area (Å²) >= 11 is 9.32. The smallest absolute Gasteiger partial charge is 0.177 e. The molecule has 4 nitrogen and oxygen atoms in total. The summed E-state index contributed by atoms with van der Waals surface area (Å²) in [5, 5.41) is 0.643. The molecule has 20 heavy (non-hydrogen) atoms. The Morgan fingerprint density at radius 2 is 2.20 bits per heavy atom. The van der Waals surface area contributed by atoms with Gasteiger partial charge in [0.15, 0.2) is 11.8 Å². The molecule has 0 saturated heterocycles. The lowest BCUT2D eigenvalue weighted by Crippen LogP contribution is -2.04. The van der Waals surface area contributed by atoms with Crippen LogP contribution in [0.25, 0.3) is 11.2 Å². The number of rotatable bonds is 3. The fourth-order valence-electron chi connectivity index (χ4n) is 1.89. The zero-order chi connectivity index (χ0) is 14.1. The summed E-state index contributed by atoms with van der Waals surface area (Å²) in [6.07, 6.45) is 1.50. The second-order valence-electron chi connectivity index (χ2n) is 4.36. The van der Waals surface area contributed by atoms with E-state index in [1.807, 2.05) is 31.2 Å². The monoisotopic (exact) mass is 351 g/mol. The normalized spacial score (nSPS) is 12.6. The van der Waals surface area contributed by atoms with Crippen LogP contribution < -0.4 is 4.74 Å². The lowest BCUT2D eigenvalue weighted by atomic mass is 10.3. The summed E-state index contributed by atoms with van der Waals surface area (Å²) in [7, 11) is 0. The van der Waals surface area contributed by atoms with Crippen LogP contribution in [0.3, 0.4) is 0 Å². The van der Waals surface area contributed by atoms with Crippen molar-refractivity contribution in [2.45, 2.75) is 13.0 Å². The summed E-state index contributed by atoms with van der Waals surface area (Å²) in [6, 6.07) is 9.23. The minimum atomic E-state index is -0.221. The van der Waals surface area contributed by atoms with E-state index in [-0.39, 0.29) is 6.10 Å². The number of aromatic amines is 1. The zero-order valence-electron chi connectivity index (χ0n) is 10.6. The Morgan fingerprint density at radius 3 is 3.00 bits per heavy atom. The first-order valence-corrected chi connectivity index (χ1v) is 7.22. The SMILES string of the molecule is CC(Oc1cccc(Cl)c1)c1nc2ncc(Br)cc2[nH]1. The van der Waals surface area contributed by atoms with E-state index in [2.05, 4.69) is 30.9 Å². The van der Waals surface area contributed by atoms with Crippen molar-refractivity contribution in [3.8, 4) is 5.75 Å². The van der Waals surface area contributed by atoms with E-state index in [9.17, 15) is 0 Å². The maximum atomic E-state index is 5.94. The number of halogens is 2. The van der Waals surface area contributed by atoms with Gasteiger partial charge in [-0.2, -0.15) is 0 Å². The molecule has 0 aliphatic rings. The van der Waals surface area contributed by atoms with Gasteiger partial charge in [-0.15, -0.1) is 0 Å². The second-order valence-corrected chi connectivity index (χ2v) is 5.72. The molecule has 0 spiro atoms. The highest BCUT2D eigenvalue weighted by atomic mass is 79.9. The van der Waals surface area contributed by atoms with Crippen LogP contribution in [0.4, 0.5) is 0 Å². The number of nitrogens with one attached hydrogen (secondary N) is 1. The summed E-state index contributed by atoms with van der Waals surface area (Å²) in [6.45, 7) is 1.92. The molecule has 2 heterocycles. The fraction of sp³-hybridized carbons (Fsp3) is 0.143. The van der Waals surface area contributed by atoms with Crippen molar-refractivity contribution in [2.24, 2.45) is 0 Å². The van der Waals surface area contributed by atoms with Gasteiger partial charge in [-0.3, -0.25) is 0 Å². The average Bonchev–Trinajstić information content (AvgIpc) is 2.81. The molecule has 1 aromatic carbocycles. The lowest BCUT2D eigenvalue weighted by molar-refractivity contribution is 0.218. The number of H-pyrrole nitrogens is 1. The number of hydrogen-bond donors (Lipinski definition) is 1. The molecular weight excluding hydrogens is 342 g/mol. The molecule has 3 rings (SSSR count). The Kier molecular flexibility index (Phi) is 3.63. The van der Waals surface area contributed by atoms with E-state index in [1.54, 1.807) is 12.3 Å². The third kappa shape index (κ3) is 2.78. The molecule has 0 aliphatic carbocycles. The van der Waals surface area contributed by atoms with Crippen LogP contribution in [0.2, 0.25) is 5.02 Å². The minimum Gasteiger partial charge on any atom is -0.483 e. The third-order valence-corrected chi connectivity index (χ3v) is 3.49. The van der Waals surface area contributed by atoms with Crippen LogP contribution in [0.5, 0.6) is 5.75 Å². The van der Waals surface area contributed by atoms with E-state index in [0.717, 1.165) is 15.8 Å². The molecule has 0 aliphatic heterocycles. The molecule has 1 N–H and O–H groups in total. The molecule has 1 unspecified atom stereocenters. The van der Waals surface area contributed by atoms with Gasteiger partial charge < -0.3 is 9.72 Å². The lowest BCUT2D eigenvalue weighted by Gasteiger charge is -2.12.